The van der Waals surface area contributed by atoms with Crippen LogP contribution in [0.4, 0.5) is 0 Å². The number of nitrogens with zero attached hydrogens (tertiary/aromatic N) is 3. The van der Waals surface area contributed by atoms with Crippen LogP contribution in [-0.2, 0) is 13.0 Å². The van der Waals surface area contributed by atoms with Crippen molar-refractivity contribution in [2.45, 2.75) is 65.5 Å². The Hall–Kier alpha value is -1.14. The maximum Gasteiger partial charge on any atom is 0.191 e. The van der Waals surface area contributed by atoms with Crippen LogP contribution in [0.15, 0.2) is 11.2 Å². The molecule has 24 heavy (non-hydrogen) atoms. The zero-order valence-corrected chi connectivity index (χ0v) is 16.3. The van der Waals surface area contributed by atoms with Crippen molar-refractivity contribution < 1.29 is 0 Å². The summed E-state index contributed by atoms with van der Waals surface area (Å²) in [6, 6.07) is 0.748. The molecule has 5 nitrogen and oxygen atoms in total. The van der Waals surface area contributed by atoms with E-state index in [4.69, 9.17) is 0 Å². The van der Waals surface area contributed by atoms with E-state index in [0.717, 1.165) is 42.9 Å². The van der Waals surface area contributed by atoms with Gasteiger partial charge in [-0.05, 0) is 46.1 Å². The summed E-state index contributed by atoms with van der Waals surface area (Å²) in [6.45, 7) is 11.6. The van der Waals surface area contributed by atoms with Crippen LogP contribution in [0.2, 0.25) is 0 Å². The first-order valence-corrected chi connectivity index (χ1v) is 10.2. The van der Waals surface area contributed by atoms with Crippen LogP contribution in [0.25, 0.3) is 0 Å². The molecule has 1 aromatic rings. The minimum Gasteiger partial charge on any atom is -0.357 e. The molecule has 0 aliphatic carbocycles. The lowest BCUT2D eigenvalue weighted by Crippen LogP contribution is -2.41. The molecule has 1 fully saturated rings. The summed E-state index contributed by atoms with van der Waals surface area (Å²) in [5.41, 5.74) is 0. The van der Waals surface area contributed by atoms with Crippen molar-refractivity contribution in [3.05, 3.63) is 16.1 Å². The average molecular weight is 352 g/mol. The molecule has 0 bridgehead atoms. The molecule has 1 unspecified atom stereocenters. The lowest BCUT2D eigenvalue weighted by molar-refractivity contribution is 0.159. The van der Waals surface area contributed by atoms with Gasteiger partial charge in [-0.1, -0.05) is 13.3 Å². The van der Waals surface area contributed by atoms with Gasteiger partial charge in [-0.2, -0.15) is 0 Å². The van der Waals surface area contributed by atoms with Gasteiger partial charge in [-0.15, -0.1) is 11.3 Å². The quantitative estimate of drug-likeness (QED) is 0.429. The minimum atomic E-state index is 0.656. The predicted octanol–water partition coefficient (Wildman–Crippen LogP) is 3.03. The summed E-state index contributed by atoms with van der Waals surface area (Å²) in [4.78, 5) is 13.0. The van der Waals surface area contributed by atoms with E-state index in [0.29, 0.717) is 6.54 Å². The molecule has 1 aromatic heterocycles. The van der Waals surface area contributed by atoms with Crippen LogP contribution < -0.4 is 10.6 Å². The molecule has 2 heterocycles. The van der Waals surface area contributed by atoms with Crippen LogP contribution in [0.1, 0.15) is 56.3 Å². The van der Waals surface area contributed by atoms with Crippen molar-refractivity contribution in [1.82, 2.24) is 20.5 Å². The SMILES string of the molecule is CCNC(=NCc1ncc(CC)s1)NCCCN1CCCCC1C. The third-order valence-electron chi connectivity index (χ3n) is 4.52. The Kier molecular flexibility index (Phi) is 8.53. The van der Waals surface area contributed by atoms with Gasteiger partial charge in [0.05, 0.1) is 6.54 Å². The number of aliphatic imine (C=N–C) groups is 1. The standard InChI is InChI=1S/C18H33N5S/c1-4-16-13-21-17(24-16)14-22-18(19-5-2)20-10-8-12-23-11-7-6-9-15(23)3/h13,15H,4-12,14H2,1-3H3,(H2,19,20,22). The summed E-state index contributed by atoms with van der Waals surface area (Å²) < 4.78 is 0. The summed E-state index contributed by atoms with van der Waals surface area (Å²) in [6.07, 6.45) is 8.28. The zero-order chi connectivity index (χ0) is 17.2. The third-order valence-corrected chi connectivity index (χ3v) is 5.65. The zero-order valence-electron chi connectivity index (χ0n) is 15.5. The van der Waals surface area contributed by atoms with Crippen molar-refractivity contribution in [2.75, 3.05) is 26.2 Å². The second-order valence-corrected chi connectivity index (χ2v) is 7.63. The lowest BCUT2D eigenvalue weighted by Gasteiger charge is -2.33. The highest BCUT2D eigenvalue weighted by atomic mass is 32.1. The van der Waals surface area contributed by atoms with E-state index in [1.165, 1.54) is 37.2 Å². The van der Waals surface area contributed by atoms with Gasteiger partial charge in [-0.25, -0.2) is 9.98 Å². The summed E-state index contributed by atoms with van der Waals surface area (Å²) in [5, 5.41) is 7.87. The van der Waals surface area contributed by atoms with Gasteiger partial charge in [0.2, 0.25) is 0 Å². The fourth-order valence-corrected chi connectivity index (χ4v) is 3.84. The largest absolute Gasteiger partial charge is 0.357 e. The Bertz CT molecular complexity index is 499. The Labute approximate surface area is 151 Å². The molecule has 1 atom stereocenters. The first kappa shape index (κ1) is 19.2. The number of rotatable bonds is 8. The van der Waals surface area contributed by atoms with Gasteiger partial charge in [0.1, 0.15) is 5.01 Å². The summed E-state index contributed by atoms with van der Waals surface area (Å²) in [7, 11) is 0. The molecule has 2 rings (SSSR count). The molecule has 136 valence electrons. The van der Waals surface area contributed by atoms with E-state index >= 15 is 0 Å². The maximum absolute atomic E-state index is 4.66. The van der Waals surface area contributed by atoms with E-state index in [1.54, 1.807) is 11.3 Å². The highest BCUT2D eigenvalue weighted by Crippen LogP contribution is 2.16. The molecule has 0 aromatic carbocycles. The highest BCUT2D eigenvalue weighted by molar-refractivity contribution is 7.11. The van der Waals surface area contributed by atoms with Crippen molar-refractivity contribution in [2.24, 2.45) is 4.99 Å². The highest BCUT2D eigenvalue weighted by Gasteiger charge is 2.17. The van der Waals surface area contributed by atoms with Gasteiger partial charge in [-0.3, -0.25) is 0 Å². The monoisotopic (exact) mass is 351 g/mol. The molecular weight excluding hydrogens is 318 g/mol. The topological polar surface area (TPSA) is 52.6 Å². The Morgan fingerprint density at radius 2 is 2.25 bits per heavy atom. The molecular formula is C18H33N5S. The van der Waals surface area contributed by atoms with Gasteiger partial charge in [0, 0.05) is 36.8 Å². The number of aryl methyl sites for hydroxylation is 1. The number of piperidine rings is 1. The van der Waals surface area contributed by atoms with Crippen LogP contribution in [0, 0.1) is 0 Å². The van der Waals surface area contributed by atoms with Crippen molar-refractivity contribution in [1.29, 1.82) is 0 Å². The molecule has 6 heteroatoms. The van der Waals surface area contributed by atoms with Crippen molar-refractivity contribution >= 4 is 17.3 Å². The lowest BCUT2D eigenvalue weighted by atomic mass is 10.0. The van der Waals surface area contributed by atoms with Crippen LogP contribution >= 0.6 is 11.3 Å². The summed E-state index contributed by atoms with van der Waals surface area (Å²) in [5.74, 6) is 0.900. The van der Waals surface area contributed by atoms with Crippen LogP contribution in [-0.4, -0.2) is 48.1 Å². The predicted molar refractivity (Wildman–Crippen MR) is 104 cm³/mol. The Balaban J connectivity index is 1.72. The number of likely N-dealkylation sites (tertiary alicyclic amines) is 1. The maximum atomic E-state index is 4.66. The first-order chi connectivity index (χ1) is 11.7. The van der Waals surface area contributed by atoms with E-state index in [-0.39, 0.29) is 0 Å². The molecule has 0 saturated carbocycles. The molecule has 2 N–H and O–H groups in total. The molecule has 1 aliphatic heterocycles. The van der Waals surface area contributed by atoms with Gasteiger partial charge >= 0.3 is 0 Å². The molecule has 1 aliphatic rings. The molecule has 0 spiro atoms. The normalized spacial score (nSPS) is 19.5. The number of guanidine groups is 1. The van der Waals surface area contributed by atoms with Crippen molar-refractivity contribution in [3.8, 4) is 0 Å². The fraction of sp³-hybridized carbons (Fsp3) is 0.778. The second-order valence-electron chi connectivity index (χ2n) is 6.43. The van der Waals surface area contributed by atoms with Gasteiger partial charge in [0.15, 0.2) is 5.96 Å². The average Bonchev–Trinajstić information content (AvgIpc) is 3.06. The molecule has 0 amide bonds. The van der Waals surface area contributed by atoms with Crippen LogP contribution in [0.5, 0.6) is 0 Å². The fourth-order valence-electron chi connectivity index (χ4n) is 3.05. The number of hydrogen-bond acceptors (Lipinski definition) is 4. The van der Waals surface area contributed by atoms with E-state index in [9.17, 15) is 0 Å². The third kappa shape index (κ3) is 6.40. The van der Waals surface area contributed by atoms with E-state index in [1.807, 2.05) is 6.20 Å². The number of hydrogen-bond donors (Lipinski definition) is 2. The van der Waals surface area contributed by atoms with E-state index in [2.05, 4.69) is 46.3 Å². The Morgan fingerprint density at radius 3 is 2.96 bits per heavy atom. The second kappa shape index (κ2) is 10.7. The summed E-state index contributed by atoms with van der Waals surface area (Å²) >= 11 is 1.76. The van der Waals surface area contributed by atoms with Gasteiger partial charge in [0.25, 0.3) is 0 Å². The minimum absolute atomic E-state index is 0.656. The number of aromatic nitrogens is 1. The van der Waals surface area contributed by atoms with Crippen LogP contribution in [0.3, 0.4) is 0 Å². The smallest absolute Gasteiger partial charge is 0.191 e. The first-order valence-electron chi connectivity index (χ1n) is 9.42. The Morgan fingerprint density at radius 1 is 1.38 bits per heavy atom. The number of thiazole rings is 1. The number of nitrogens with one attached hydrogen (secondary N) is 2. The van der Waals surface area contributed by atoms with Crippen molar-refractivity contribution in [3.63, 3.8) is 0 Å². The van der Waals surface area contributed by atoms with Gasteiger partial charge < -0.3 is 15.5 Å². The van der Waals surface area contributed by atoms with E-state index < -0.39 is 0 Å². The molecule has 0 radical (unpaired) electrons. The molecule has 1 saturated heterocycles.